The van der Waals surface area contributed by atoms with Gasteiger partial charge in [0.25, 0.3) is 11.8 Å². The first-order chi connectivity index (χ1) is 40.0. The zero-order valence-corrected chi connectivity index (χ0v) is 49.9. The first kappa shape index (κ1) is 62.7. The summed E-state index contributed by atoms with van der Waals surface area (Å²) in [5.74, 6) is 0.515. The number of fused-ring (bicyclic) bond motifs is 2. The van der Waals surface area contributed by atoms with Crippen molar-refractivity contribution in [1.82, 2.24) is 75.6 Å². The number of methoxy groups -OCH3 is 2. The van der Waals surface area contributed by atoms with Gasteiger partial charge in [-0.05, 0) is 139 Å². The van der Waals surface area contributed by atoms with Crippen molar-refractivity contribution in [2.45, 2.75) is 92.6 Å². The molecule has 9 rings (SSSR count). The molecule has 0 spiro atoms. The molecule has 1 fully saturated rings. The molecule has 8 aromatic rings. The lowest BCUT2D eigenvalue weighted by atomic mass is 9.97. The van der Waals surface area contributed by atoms with E-state index in [9.17, 15) is 14.4 Å². The van der Waals surface area contributed by atoms with Crippen LogP contribution in [0.3, 0.4) is 0 Å². The lowest BCUT2D eigenvalue weighted by Gasteiger charge is -2.27. The van der Waals surface area contributed by atoms with Crippen LogP contribution in [0.15, 0.2) is 73.6 Å². The Balaban J connectivity index is 0.000000227. The van der Waals surface area contributed by atoms with E-state index in [1.54, 1.807) is 25.3 Å². The Morgan fingerprint density at radius 3 is 1.95 bits per heavy atom. The molecule has 444 valence electrons. The molecule has 0 bridgehead atoms. The maximum absolute atomic E-state index is 12.8. The SMILES string of the molecule is CCN(Cc1cncc(-c2ccc3c(c2)c(-c2ncc(C(=O)NCCOC)[nH]2)nn3C2CCCCO2)c1C)C(=O)OC(C)(C)C.CCNCc1cncc(-c2ccc3[nH]nc(-c4ncc(C(=O)NCCOC)[nH]4)c3c2)c1C.CN(C)CCN. The third kappa shape index (κ3) is 16.4. The van der Waals surface area contributed by atoms with Gasteiger partial charge in [-0.1, -0.05) is 19.1 Å². The number of nitrogens with zero attached hydrogens (tertiary/aromatic N) is 9. The van der Waals surface area contributed by atoms with E-state index in [0.717, 1.165) is 101 Å². The number of hydrogen-bond acceptors (Lipinski definition) is 16. The van der Waals surface area contributed by atoms with Crippen LogP contribution in [0, 0.1) is 13.8 Å². The predicted octanol–water partition coefficient (Wildman–Crippen LogP) is 7.94. The lowest BCUT2D eigenvalue weighted by molar-refractivity contribution is -0.0365. The monoisotopic (exact) mass is 1140 g/mol. The van der Waals surface area contributed by atoms with Gasteiger partial charge in [0.1, 0.15) is 28.4 Å². The van der Waals surface area contributed by atoms with E-state index in [0.29, 0.717) is 80.4 Å². The highest BCUT2D eigenvalue weighted by Crippen LogP contribution is 2.36. The summed E-state index contributed by atoms with van der Waals surface area (Å²) in [6.45, 7) is 20.4. The minimum atomic E-state index is -0.581. The number of nitrogens with two attached hydrogens (primary N) is 1. The van der Waals surface area contributed by atoms with Crippen molar-refractivity contribution in [2.24, 2.45) is 5.73 Å². The zero-order valence-electron chi connectivity index (χ0n) is 49.9. The fourth-order valence-corrected chi connectivity index (χ4v) is 9.23. The summed E-state index contributed by atoms with van der Waals surface area (Å²) in [5.41, 5.74) is 16.7. The second-order valence-electron chi connectivity index (χ2n) is 21.3. The predicted molar refractivity (Wildman–Crippen MR) is 321 cm³/mol. The molecular weight excluding hydrogens is 1060 g/mol. The highest BCUT2D eigenvalue weighted by atomic mass is 16.6. The van der Waals surface area contributed by atoms with Gasteiger partial charge >= 0.3 is 6.09 Å². The van der Waals surface area contributed by atoms with E-state index < -0.39 is 5.60 Å². The van der Waals surface area contributed by atoms with Crippen LogP contribution in [0.5, 0.6) is 0 Å². The van der Waals surface area contributed by atoms with Crippen LogP contribution in [0.4, 0.5) is 4.79 Å². The van der Waals surface area contributed by atoms with Gasteiger partial charge in [-0.2, -0.15) is 10.2 Å². The first-order valence-corrected chi connectivity index (χ1v) is 28.2. The second kappa shape index (κ2) is 29.9. The van der Waals surface area contributed by atoms with Crippen LogP contribution in [0.25, 0.3) is 67.1 Å². The summed E-state index contributed by atoms with van der Waals surface area (Å²) in [7, 11) is 7.19. The molecule has 83 heavy (non-hydrogen) atoms. The van der Waals surface area contributed by atoms with Gasteiger partial charge < -0.3 is 60.4 Å². The number of H-pyrrole nitrogens is 3. The summed E-state index contributed by atoms with van der Waals surface area (Å²) < 4.78 is 23.7. The van der Waals surface area contributed by atoms with E-state index in [1.165, 1.54) is 23.5 Å². The molecule has 2 aromatic carbocycles. The summed E-state index contributed by atoms with van der Waals surface area (Å²) in [6.07, 6.45) is 12.9. The van der Waals surface area contributed by atoms with E-state index >= 15 is 0 Å². The molecule has 1 saturated heterocycles. The van der Waals surface area contributed by atoms with Crippen molar-refractivity contribution in [3.8, 4) is 45.3 Å². The minimum Gasteiger partial charge on any atom is -0.444 e. The van der Waals surface area contributed by atoms with Gasteiger partial charge in [0.15, 0.2) is 17.9 Å². The number of benzene rings is 2. The van der Waals surface area contributed by atoms with Gasteiger partial charge in [0.2, 0.25) is 0 Å². The highest BCUT2D eigenvalue weighted by Gasteiger charge is 2.26. The molecular formula is C60H82N16O7. The topological polar surface area (TPSA) is 286 Å². The van der Waals surface area contributed by atoms with Gasteiger partial charge in [0, 0.05) is 107 Å². The second-order valence-corrected chi connectivity index (χ2v) is 21.3. The van der Waals surface area contributed by atoms with Crippen LogP contribution in [0.2, 0.25) is 0 Å². The normalized spacial score (nSPS) is 13.3. The summed E-state index contributed by atoms with van der Waals surface area (Å²) >= 11 is 0. The average molecular weight is 1140 g/mol. The zero-order chi connectivity index (χ0) is 59.6. The van der Waals surface area contributed by atoms with Crippen molar-refractivity contribution < 1.29 is 33.3 Å². The first-order valence-electron chi connectivity index (χ1n) is 28.2. The molecule has 3 amide bonds. The molecule has 23 heteroatoms. The number of rotatable bonds is 21. The van der Waals surface area contributed by atoms with Gasteiger partial charge in [-0.15, -0.1) is 0 Å². The number of nitrogens with one attached hydrogen (secondary N) is 6. The number of aromatic nitrogens is 10. The van der Waals surface area contributed by atoms with E-state index in [4.69, 9.17) is 29.8 Å². The third-order valence-electron chi connectivity index (χ3n) is 13.8. The smallest absolute Gasteiger partial charge is 0.410 e. The van der Waals surface area contributed by atoms with E-state index in [2.05, 4.69) is 99.1 Å². The van der Waals surface area contributed by atoms with Crippen LogP contribution < -0.4 is 21.7 Å². The Morgan fingerprint density at radius 2 is 1.40 bits per heavy atom. The molecule has 1 aliphatic rings. The number of pyridine rings is 2. The number of ether oxygens (including phenoxy) is 4. The number of aromatic amines is 3. The highest BCUT2D eigenvalue weighted by molar-refractivity contribution is 5.98. The van der Waals surface area contributed by atoms with Crippen LogP contribution in [0.1, 0.15) is 103 Å². The van der Waals surface area contributed by atoms with Gasteiger partial charge in [0.05, 0.1) is 43.2 Å². The number of hydrogen-bond donors (Lipinski definition) is 7. The maximum atomic E-state index is 12.8. The molecule has 1 unspecified atom stereocenters. The standard InChI is InChI=1S/C33H43N7O5.C23H27N7O2.C4H12N2/c1-7-39(32(42)45-33(3,4)5)20-23-17-34-18-25(21(23)2)22-11-12-27-24(16-22)29(38-40(27)28-10-8-9-14-44-28)30-36-19-26(37-30)31(41)35-13-15-43-6;1-4-24-10-16-11-25-12-18(14(16)2)15-5-6-19-17(9-15)21(30-29-19)22-27-13-20(28-22)23(31)26-7-8-32-3;1-6(2)4-3-5/h11-12,16-19,28H,7-10,13-15,20H2,1-6H3,(H,35,41)(H,36,37);5-6,9,11-13,24H,4,7-8,10H2,1-3H3,(H,26,31)(H,27,28)(H,29,30);3-5H2,1-2H3. The van der Waals surface area contributed by atoms with Crippen LogP contribution in [-0.2, 0) is 32.0 Å². The minimum absolute atomic E-state index is 0.188. The summed E-state index contributed by atoms with van der Waals surface area (Å²) in [5, 5.41) is 23.2. The fraction of sp³-hybridized carbons (Fsp3) is 0.450. The number of carbonyl (C=O) groups is 3. The third-order valence-corrected chi connectivity index (χ3v) is 13.8. The maximum Gasteiger partial charge on any atom is 0.410 e. The number of carbonyl (C=O) groups excluding carboxylic acids is 3. The fourth-order valence-electron chi connectivity index (χ4n) is 9.23. The molecule has 0 aliphatic carbocycles. The van der Waals surface area contributed by atoms with Crippen LogP contribution >= 0.6 is 0 Å². The van der Waals surface area contributed by atoms with Gasteiger partial charge in [-0.3, -0.25) is 24.7 Å². The average Bonchev–Trinajstić information content (AvgIpc) is 4.47. The van der Waals surface area contributed by atoms with Crippen LogP contribution in [-0.4, -0.2) is 171 Å². The molecule has 6 aromatic heterocycles. The largest absolute Gasteiger partial charge is 0.444 e. The molecule has 1 aliphatic heterocycles. The Bertz CT molecular complexity index is 3410. The van der Waals surface area contributed by atoms with Crippen molar-refractivity contribution in [3.05, 3.63) is 107 Å². The van der Waals surface area contributed by atoms with Crippen molar-refractivity contribution in [1.29, 1.82) is 0 Å². The summed E-state index contributed by atoms with van der Waals surface area (Å²) in [6, 6.07) is 12.3. The quantitative estimate of drug-likeness (QED) is 0.0336. The van der Waals surface area contributed by atoms with E-state index in [1.807, 2.05) is 84.1 Å². The molecule has 7 heterocycles. The Labute approximate surface area is 485 Å². The molecule has 1 atom stereocenters. The number of imidazole rings is 2. The van der Waals surface area contributed by atoms with Crippen molar-refractivity contribution in [2.75, 3.05) is 87.4 Å². The Hall–Kier alpha value is -7.93. The van der Waals surface area contributed by atoms with Crippen molar-refractivity contribution in [3.63, 3.8) is 0 Å². The Kier molecular flexibility index (Phi) is 22.6. The lowest BCUT2D eigenvalue weighted by Crippen LogP contribution is -2.36. The molecule has 0 saturated carbocycles. The molecule has 23 nitrogen and oxygen atoms in total. The van der Waals surface area contributed by atoms with Gasteiger partial charge in [-0.25, -0.2) is 19.4 Å². The Morgan fingerprint density at radius 1 is 0.795 bits per heavy atom. The molecule has 8 N–H and O–H groups in total. The number of likely N-dealkylation sites (N-methyl/N-ethyl adjacent to an activating group) is 1. The van der Waals surface area contributed by atoms with Crippen molar-refractivity contribution >= 4 is 39.7 Å². The van der Waals surface area contributed by atoms with E-state index in [-0.39, 0.29) is 24.1 Å². The molecule has 0 radical (unpaired) electrons. The summed E-state index contributed by atoms with van der Waals surface area (Å²) in [4.78, 5) is 65.6. The number of amides is 3.